The molecule has 0 amide bonds. The maximum Gasteiger partial charge on any atom is 0.283 e. The van der Waals surface area contributed by atoms with Crippen molar-refractivity contribution >= 4 is 5.84 Å². The lowest BCUT2D eigenvalue weighted by atomic mass is 10.1. The van der Waals surface area contributed by atoms with Gasteiger partial charge >= 0.3 is 0 Å². The third-order valence-corrected chi connectivity index (χ3v) is 3.58. The van der Waals surface area contributed by atoms with Crippen LogP contribution < -0.4 is 10.1 Å². The number of benzene rings is 2. The minimum atomic E-state index is -1.18. The average Bonchev–Trinajstić information content (AvgIpc) is 2.83. The summed E-state index contributed by atoms with van der Waals surface area (Å²) in [4.78, 5) is 0. The lowest BCUT2D eigenvalue weighted by molar-refractivity contribution is -0.250. The zero-order valence-electron chi connectivity index (χ0n) is 13.3. The SMILES string of the molecule is CCOC1(OCC)NC(=N)c2cccc(Oc3ccccc3)c21. The molecule has 0 saturated carbocycles. The van der Waals surface area contributed by atoms with Gasteiger partial charge in [-0.1, -0.05) is 30.3 Å². The summed E-state index contributed by atoms with van der Waals surface area (Å²) in [5.74, 6) is 0.424. The Labute approximate surface area is 135 Å². The Balaban J connectivity index is 2.08. The molecule has 1 heterocycles. The van der Waals surface area contributed by atoms with E-state index in [0.717, 1.165) is 11.3 Å². The third kappa shape index (κ3) is 2.81. The molecule has 23 heavy (non-hydrogen) atoms. The predicted octanol–water partition coefficient (Wildman–Crippen LogP) is 3.59. The number of amidine groups is 1. The molecule has 0 saturated heterocycles. The van der Waals surface area contributed by atoms with Gasteiger partial charge in [0.2, 0.25) is 0 Å². The molecule has 2 aromatic rings. The Bertz CT molecular complexity index is 695. The van der Waals surface area contributed by atoms with Crippen molar-refractivity contribution in [2.24, 2.45) is 0 Å². The van der Waals surface area contributed by atoms with Gasteiger partial charge in [0.1, 0.15) is 17.3 Å². The molecule has 3 rings (SSSR count). The van der Waals surface area contributed by atoms with E-state index < -0.39 is 5.91 Å². The quantitative estimate of drug-likeness (QED) is 0.800. The van der Waals surface area contributed by atoms with Crippen LogP contribution in [0.2, 0.25) is 0 Å². The number of para-hydroxylation sites is 1. The second-order valence-electron chi connectivity index (χ2n) is 5.08. The van der Waals surface area contributed by atoms with E-state index in [4.69, 9.17) is 19.6 Å². The first kappa shape index (κ1) is 15.5. The molecule has 120 valence electrons. The van der Waals surface area contributed by atoms with Crippen molar-refractivity contribution in [1.82, 2.24) is 5.32 Å². The molecule has 1 aliphatic heterocycles. The standard InChI is InChI=1S/C18H20N2O3/c1-3-21-18(22-4-2)16-14(17(19)20-18)11-8-12-15(16)23-13-9-6-5-7-10-13/h5-12H,3-4H2,1-2H3,(H2,19,20). The first-order valence-electron chi connectivity index (χ1n) is 7.71. The molecule has 0 atom stereocenters. The minimum Gasteiger partial charge on any atom is -0.457 e. The molecular weight excluding hydrogens is 292 g/mol. The van der Waals surface area contributed by atoms with Crippen molar-refractivity contribution in [2.75, 3.05) is 13.2 Å². The van der Waals surface area contributed by atoms with E-state index in [1.807, 2.05) is 62.4 Å². The number of hydrogen-bond donors (Lipinski definition) is 2. The molecule has 2 N–H and O–H groups in total. The molecule has 0 fully saturated rings. The highest BCUT2D eigenvalue weighted by Gasteiger charge is 2.46. The second kappa shape index (κ2) is 6.40. The van der Waals surface area contributed by atoms with Gasteiger partial charge in [-0.15, -0.1) is 0 Å². The summed E-state index contributed by atoms with van der Waals surface area (Å²) < 4.78 is 17.7. The summed E-state index contributed by atoms with van der Waals surface area (Å²) in [6, 6.07) is 15.1. The summed E-state index contributed by atoms with van der Waals surface area (Å²) in [5.41, 5.74) is 1.43. The Kier molecular flexibility index (Phi) is 4.32. The van der Waals surface area contributed by atoms with Gasteiger partial charge in [-0.2, -0.15) is 0 Å². The number of hydrogen-bond acceptors (Lipinski definition) is 4. The molecule has 5 nitrogen and oxygen atoms in total. The fraction of sp³-hybridized carbons (Fsp3) is 0.278. The van der Waals surface area contributed by atoms with Crippen molar-refractivity contribution in [1.29, 1.82) is 5.41 Å². The summed E-state index contributed by atoms with van der Waals surface area (Å²) in [6.07, 6.45) is 0. The number of ether oxygens (including phenoxy) is 3. The molecule has 5 heteroatoms. The van der Waals surface area contributed by atoms with E-state index in [1.165, 1.54) is 0 Å². The third-order valence-electron chi connectivity index (χ3n) is 3.58. The molecule has 0 radical (unpaired) electrons. The summed E-state index contributed by atoms with van der Waals surface area (Å²) in [5, 5.41) is 11.2. The van der Waals surface area contributed by atoms with Gasteiger partial charge in [0, 0.05) is 18.8 Å². The molecule has 0 spiro atoms. The Morgan fingerprint density at radius 3 is 2.30 bits per heavy atom. The Hall–Kier alpha value is -2.37. The van der Waals surface area contributed by atoms with Gasteiger partial charge in [-0.25, -0.2) is 0 Å². The first-order valence-corrected chi connectivity index (χ1v) is 7.71. The van der Waals surface area contributed by atoms with E-state index in [2.05, 4.69) is 5.32 Å². The van der Waals surface area contributed by atoms with Crippen molar-refractivity contribution in [3.63, 3.8) is 0 Å². The van der Waals surface area contributed by atoms with Crippen molar-refractivity contribution in [2.45, 2.75) is 19.8 Å². The van der Waals surface area contributed by atoms with Gasteiger partial charge in [-0.3, -0.25) is 5.41 Å². The maximum atomic E-state index is 8.19. The van der Waals surface area contributed by atoms with Gasteiger partial charge in [0.15, 0.2) is 0 Å². The van der Waals surface area contributed by atoms with Crippen molar-refractivity contribution in [3.8, 4) is 11.5 Å². The molecule has 2 aromatic carbocycles. The van der Waals surface area contributed by atoms with Crippen LogP contribution in [-0.2, 0) is 15.4 Å². The van der Waals surface area contributed by atoms with Crippen molar-refractivity contribution < 1.29 is 14.2 Å². The molecule has 0 aromatic heterocycles. The average molecular weight is 312 g/mol. The van der Waals surface area contributed by atoms with Crippen LogP contribution in [0, 0.1) is 5.41 Å². The molecule has 0 aliphatic carbocycles. The van der Waals surface area contributed by atoms with E-state index in [0.29, 0.717) is 24.5 Å². The molecule has 0 unspecified atom stereocenters. The summed E-state index contributed by atoms with van der Waals surface area (Å²) in [6.45, 7) is 4.67. The highest BCUT2D eigenvalue weighted by atomic mass is 16.7. The predicted molar refractivity (Wildman–Crippen MR) is 87.9 cm³/mol. The van der Waals surface area contributed by atoms with Crippen LogP contribution >= 0.6 is 0 Å². The lowest BCUT2D eigenvalue weighted by Crippen LogP contribution is -2.44. The van der Waals surface area contributed by atoms with Crippen LogP contribution in [0.5, 0.6) is 11.5 Å². The van der Waals surface area contributed by atoms with Gasteiger partial charge < -0.3 is 19.5 Å². The summed E-state index contributed by atoms with van der Waals surface area (Å²) in [7, 11) is 0. The molecule has 0 bridgehead atoms. The smallest absolute Gasteiger partial charge is 0.283 e. The van der Waals surface area contributed by atoms with E-state index in [-0.39, 0.29) is 5.84 Å². The monoisotopic (exact) mass is 312 g/mol. The first-order chi connectivity index (χ1) is 11.2. The largest absolute Gasteiger partial charge is 0.457 e. The van der Waals surface area contributed by atoms with E-state index in [9.17, 15) is 0 Å². The van der Waals surface area contributed by atoms with E-state index in [1.54, 1.807) is 0 Å². The van der Waals surface area contributed by atoms with Gasteiger partial charge in [0.05, 0.1) is 5.56 Å². The van der Waals surface area contributed by atoms with Crippen molar-refractivity contribution in [3.05, 3.63) is 59.7 Å². The number of rotatable bonds is 6. The zero-order valence-corrected chi connectivity index (χ0v) is 13.3. The van der Waals surface area contributed by atoms with Crippen LogP contribution in [0.1, 0.15) is 25.0 Å². The maximum absolute atomic E-state index is 8.19. The van der Waals surface area contributed by atoms with Crippen LogP contribution in [0.15, 0.2) is 48.5 Å². The highest BCUT2D eigenvalue weighted by Crippen LogP contribution is 2.41. The second-order valence-corrected chi connectivity index (χ2v) is 5.08. The minimum absolute atomic E-state index is 0.264. The van der Waals surface area contributed by atoms with Crippen LogP contribution in [0.25, 0.3) is 0 Å². The highest BCUT2D eigenvalue weighted by molar-refractivity contribution is 6.02. The zero-order chi connectivity index (χ0) is 16.3. The lowest BCUT2D eigenvalue weighted by Gasteiger charge is -2.30. The van der Waals surface area contributed by atoms with Gasteiger partial charge in [-0.05, 0) is 32.0 Å². The molecular formula is C18H20N2O3. The molecule has 1 aliphatic rings. The Morgan fingerprint density at radius 1 is 0.957 bits per heavy atom. The number of fused-ring (bicyclic) bond motifs is 1. The summed E-state index contributed by atoms with van der Waals surface area (Å²) >= 11 is 0. The number of nitrogens with one attached hydrogen (secondary N) is 2. The fourth-order valence-electron chi connectivity index (χ4n) is 2.74. The Morgan fingerprint density at radius 2 is 1.65 bits per heavy atom. The van der Waals surface area contributed by atoms with E-state index >= 15 is 0 Å². The fourth-order valence-corrected chi connectivity index (χ4v) is 2.74. The normalized spacial score (nSPS) is 15.1. The van der Waals surface area contributed by atoms with Crippen LogP contribution in [0.3, 0.4) is 0 Å². The van der Waals surface area contributed by atoms with Crippen LogP contribution in [0.4, 0.5) is 0 Å². The topological polar surface area (TPSA) is 63.6 Å². The van der Waals surface area contributed by atoms with Crippen LogP contribution in [-0.4, -0.2) is 19.0 Å². The van der Waals surface area contributed by atoms with Gasteiger partial charge in [0.25, 0.3) is 5.91 Å².